The van der Waals surface area contributed by atoms with Crippen molar-refractivity contribution in [3.05, 3.63) is 42.2 Å². The van der Waals surface area contributed by atoms with Crippen LogP contribution in [0.1, 0.15) is 83.1 Å². The fourth-order valence-electron chi connectivity index (χ4n) is 10.0. The van der Waals surface area contributed by atoms with Crippen LogP contribution in [0.4, 0.5) is 0 Å². The lowest BCUT2D eigenvalue weighted by Gasteiger charge is -2.62. The molecule has 0 amide bonds. The topological polar surface area (TPSA) is 62.6 Å². The predicted octanol–water partition coefficient (Wildman–Crippen LogP) is 5.60. The van der Waals surface area contributed by atoms with Gasteiger partial charge in [-0.15, -0.1) is 0 Å². The Balaban J connectivity index is 1.24. The first-order valence-corrected chi connectivity index (χ1v) is 13.8. The molecule has 7 rings (SSSR count). The molecule has 182 valence electrons. The van der Waals surface area contributed by atoms with E-state index in [0.717, 1.165) is 32.1 Å². The van der Waals surface area contributed by atoms with Crippen LogP contribution >= 0.6 is 0 Å². The number of rotatable bonds is 2. The number of hydrogen-bond donors (Lipinski definition) is 2. The van der Waals surface area contributed by atoms with Crippen molar-refractivity contribution in [1.29, 1.82) is 0 Å². The van der Waals surface area contributed by atoms with Gasteiger partial charge >= 0.3 is 0 Å². The summed E-state index contributed by atoms with van der Waals surface area (Å²) in [6, 6.07) is 9.14. The number of aromatic nitrogens is 1. The number of hydrogen-bond acceptors (Lipinski definition) is 4. The number of nitrogens with zero attached hydrogens (tertiary/aromatic N) is 1. The van der Waals surface area contributed by atoms with Crippen LogP contribution in [0.5, 0.6) is 0 Å². The average Bonchev–Trinajstić information content (AvgIpc) is 3.37. The second-order valence-electron chi connectivity index (χ2n) is 12.7. The summed E-state index contributed by atoms with van der Waals surface area (Å²) in [4.78, 5) is 4.37. The molecule has 5 aliphatic rings. The Morgan fingerprint density at radius 3 is 2.76 bits per heavy atom. The third kappa shape index (κ3) is 2.68. The average molecular weight is 462 g/mol. The first-order chi connectivity index (χ1) is 16.4. The molecule has 2 aliphatic heterocycles. The van der Waals surface area contributed by atoms with E-state index in [0.29, 0.717) is 17.8 Å². The summed E-state index contributed by atoms with van der Waals surface area (Å²) in [5, 5.41) is 24.5. The van der Waals surface area contributed by atoms with Crippen LogP contribution in [0.3, 0.4) is 0 Å². The molecular formula is C30H39NO3. The van der Waals surface area contributed by atoms with Crippen molar-refractivity contribution in [1.82, 2.24) is 4.98 Å². The number of fused-ring (bicyclic) bond motifs is 2. The van der Waals surface area contributed by atoms with E-state index in [1.165, 1.54) is 42.0 Å². The lowest BCUT2D eigenvalue weighted by atomic mass is 9.52. The van der Waals surface area contributed by atoms with Gasteiger partial charge < -0.3 is 14.9 Å². The van der Waals surface area contributed by atoms with Crippen LogP contribution in [-0.2, 0) is 4.74 Å². The summed E-state index contributed by atoms with van der Waals surface area (Å²) >= 11 is 0. The molecule has 2 bridgehead atoms. The molecule has 3 aliphatic carbocycles. The smallest absolute Gasteiger partial charge is 0.0857 e. The zero-order valence-corrected chi connectivity index (χ0v) is 20.6. The Kier molecular flexibility index (Phi) is 4.66. The zero-order valence-electron chi connectivity index (χ0n) is 20.6. The van der Waals surface area contributed by atoms with Gasteiger partial charge in [0.25, 0.3) is 0 Å². The van der Waals surface area contributed by atoms with Gasteiger partial charge in [-0.25, -0.2) is 0 Å². The van der Waals surface area contributed by atoms with E-state index in [9.17, 15) is 10.2 Å². The van der Waals surface area contributed by atoms with Gasteiger partial charge in [-0.3, -0.25) is 4.98 Å². The van der Waals surface area contributed by atoms with Gasteiger partial charge in [-0.05, 0) is 104 Å². The Morgan fingerprint density at radius 1 is 1.03 bits per heavy atom. The van der Waals surface area contributed by atoms with Gasteiger partial charge in [0, 0.05) is 23.7 Å². The van der Waals surface area contributed by atoms with Crippen molar-refractivity contribution in [2.45, 2.75) is 101 Å². The minimum Gasteiger partial charge on any atom is -0.390 e. The quantitative estimate of drug-likeness (QED) is 0.611. The van der Waals surface area contributed by atoms with Crippen LogP contribution in [0, 0.1) is 29.1 Å². The van der Waals surface area contributed by atoms with Crippen molar-refractivity contribution in [2.24, 2.45) is 29.1 Å². The minimum atomic E-state index is -0.634. The molecule has 2 saturated heterocycles. The van der Waals surface area contributed by atoms with Crippen LogP contribution < -0.4 is 0 Å². The van der Waals surface area contributed by atoms with Crippen molar-refractivity contribution < 1.29 is 14.9 Å². The highest BCUT2D eigenvalue weighted by Gasteiger charge is 2.71. The third-order valence-corrected chi connectivity index (χ3v) is 11.6. The maximum absolute atomic E-state index is 11.2. The van der Waals surface area contributed by atoms with E-state index in [2.05, 4.69) is 43.1 Å². The molecular weight excluding hydrogens is 422 g/mol. The summed E-state index contributed by atoms with van der Waals surface area (Å²) < 4.78 is 7.38. The lowest BCUT2D eigenvalue weighted by Crippen LogP contribution is -2.65. The number of aliphatic hydroxyl groups excluding tert-OH is 2. The summed E-state index contributed by atoms with van der Waals surface area (Å²) in [6.45, 7) is 4.70. The van der Waals surface area contributed by atoms with E-state index in [4.69, 9.17) is 4.74 Å². The molecule has 3 heterocycles. The van der Waals surface area contributed by atoms with Gasteiger partial charge in [0.2, 0.25) is 0 Å². The maximum atomic E-state index is 11.2. The molecule has 5 fully saturated rings. The molecule has 2 spiro atoms. The first kappa shape index (κ1) is 21.8. The first-order valence-electron chi connectivity index (χ1n) is 13.8. The largest absolute Gasteiger partial charge is 0.390 e. The van der Waals surface area contributed by atoms with Crippen molar-refractivity contribution in [2.75, 3.05) is 0 Å². The monoisotopic (exact) mass is 461 g/mol. The Morgan fingerprint density at radius 2 is 1.91 bits per heavy atom. The summed E-state index contributed by atoms with van der Waals surface area (Å²) in [5.74, 6) is 1.91. The van der Waals surface area contributed by atoms with E-state index in [-0.39, 0.29) is 28.5 Å². The molecule has 34 heavy (non-hydrogen) atoms. The predicted molar refractivity (Wildman–Crippen MR) is 132 cm³/mol. The Hall–Kier alpha value is -1.49. The van der Waals surface area contributed by atoms with Crippen molar-refractivity contribution in [3.8, 4) is 0 Å². The van der Waals surface area contributed by atoms with Gasteiger partial charge in [0.05, 0.1) is 23.4 Å². The maximum Gasteiger partial charge on any atom is 0.0857 e. The van der Waals surface area contributed by atoms with Crippen molar-refractivity contribution >= 4 is 10.8 Å². The van der Waals surface area contributed by atoms with Crippen LogP contribution in [0.25, 0.3) is 10.8 Å². The highest BCUT2D eigenvalue weighted by atomic mass is 16.5. The zero-order chi connectivity index (χ0) is 23.3. The number of benzene rings is 1. The highest BCUT2D eigenvalue weighted by molar-refractivity contribution is 5.82. The number of aliphatic hydroxyl groups is 2. The Labute approximate surface area is 203 Å². The Bertz CT molecular complexity index is 1120. The molecule has 1 aromatic heterocycles. The van der Waals surface area contributed by atoms with E-state index in [1.807, 2.05) is 12.4 Å². The molecule has 1 aromatic carbocycles. The SMILES string of the molecule is CCC1CC23CCC4(O2)C(CCC2(C)C(c5ccc6ccncc6c5)CCC24)CC3C(O)C1O. The van der Waals surface area contributed by atoms with Crippen LogP contribution in [0.15, 0.2) is 36.7 Å². The minimum absolute atomic E-state index is 0.0308. The fourth-order valence-corrected chi connectivity index (χ4v) is 10.0. The molecule has 2 aromatic rings. The highest BCUT2D eigenvalue weighted by Crippen LogP contribution is 2.72. The van der Waals surface area contributed by atoms with Gasteiger partial charge in [0.1, 0.15) is 0 Å². The number of ether oxygens (including phenoxy) is 1. The summed E-state index contributed by atoms with van der Waals surface area (Å²) in [6.07, 6.45) is 12.6. The molecule has 4 nitrogen and oxygen atoms in total. The van der Waals surface area contributed by atoms with Gasteiger partial charge in [-0.2, -0.15) is 0 Å². The second-order valence-corrected chi connectivity index (χ2v) is 12.7. The second kappa shape index (κ2) is 7.27. The molecule has 10 atom stereocenters. The molecule has 4 heteroatoms. The summed E-state index contributed by atoms with van der Waals surface area (Å²) in [7, 11) is 0. The third-order valence-electron chi connectivity index (χ3n) is 11.6. The summed E-state index contributed by atoms with van der Waals surface area (Å²) in [5.41, 5.74) is 1.48. The molecule has 3 saturated carbocycles. The van der Waals surface area contributed by atoms with Crippen molar-refractivity contribution in [3.63, 3.8) is 0 Å². The molecule has 2 N–H and O–H groups in total. The lowest BCUT2D eigenvalue weighted by molar-refractivity contribution is -0.287. The standard InChI is InChI=1S/C30H39NO3/c1-3-18-16-29-11-12-30(34-29)22(15-24(29)27(33)26(18)32)8-10-28(2)23(6-7-25(28)30)20-5-4-19-9-13-31-17-21(19)14-20/h4-5,9,13-14,17-18,22-27,32-33H,3,6-8,10-12,15-16H2,1-2H3. The van der Waals surface area contributed by atoms with Gasteiger partial charge in [0.15, 0.2) is 0 Å². The van der Waals surface area contributed by atoms with Gasteiger partial charge in [-0.1, -0.05) is 32.4 Å². The fraction of sp³-hybridized carbons (Fsp3) is 0.700. The molecule has 10 unspecified atom stereocenters. The number of pyridine rings is 1. The van der Waals surface area contributed by atoms with Crippen LogP contribution in [0.2, 0.25) is 0 Å². The van der Waals surface area contributed by atoms with E-state index >= 15 is 0 Å². The van der Waals surface area contributed by atoms with E-state index < -0.39 is 12.2 Å². The molecule has 0 radical (unpaired) electrons. The van der Waals surface area contributed by atoms with E-state index in [1.54, 1.807) is 0 Å². The van der Waals surface area contributed by atoms with Crippen LogP contribution in [-0.4, -0.2) is 38.6 Å². The normalized spacial score (nSPS) is 49.5.